The average Bonchev–Trinajstić information content (AvgIpc) is 2.99. The molecule has 1 saturated heterocycles. The standard InChI is InChI=1S/C24H32N2O3S/c1-18-16-26(17-24(27)14-19-7-4-5-8-20(19)15-24)12-11-23(18,2)21-9-6-10-22(13-21)25-30(3,28)29/h4-10,13,18,25,27H,11-12,14-17H2,1-3H3. The summed E-state index contributed by atoms with van der Waals surface area (Å²) in [6.45, 7) is 7.06. The van der Waals surface area contributed by atoms with Gasteiger partial charge in [0.05, 0.1) is 11.9 Å². The van der Waals surface area contributed by atoms with Gasteiger partial charge in [-0.1, -0.05) is 50.2 Å². The van der Waals surface area contributed by atoms with Crippen LogP contribution in [0, 0.1) is 5.92 Å². The van der Waals surface area contributed by atoms with Crippen LogP contribution >= 0.6 is 0 Å². The van der Waals surface area contributed by atoms with Gasteiger partial charge in [-0.3, -0.25) is 4.72 Å². The van der Waals surface area contributed by atoms with Crippen LogP contribution in [-0.4, -0.2) is 49.9 Å². The van der Waals surface area contributed by atoms with Crippen LogP contribution in [-0.2, 0) is 28.3 Å². The summed E-state index contributed by atoms with van der Waals surface area (Å²) in [7, 11) is -3.30. The van der Waals surface area contributed by atoms with Gasteiger partial charge in [0.2, 0.25) is 10.0 Å². The molecule has 162 valence electrons. The first-order valence-electron chi connectivity index (χ1n) is 10.7. The Kier molecular flexibility index (Phi) is 5.45. The molecule has 0 amide bonds. The van der Waals surface area contributed by atoms with Crippen LogP contribution in [0.5, 0.6) is 0 Å². The van der Waals surface area contributed by atoms with Crippen LogP contribution in [0.2, 0.25) is 0 Å². The highest BCUT2D eigenvalue weighted by atomic mass is 32.2. The van der Waals surface area contributed by atoms with E-state index in [1.165, 1.54) is 17.4 Å². The molecule has 2 unspecified atom stereocenters. The minimum atomic E-state index is -3.30. The molecule has 1 aliphatic carbocycles. The highest BCUT2D eigenvalue weighted by Gasteiger charge is 2.42. The Morgan fingerprint density at radius 1 is 1.13 bits per heavy atom. The van der Waals surface area contributed by atoms with Crippen molar-refractivity contribution in [1.29, 1.82) is 0 Å². The van der Waals surface area contributed by atoms with Crippen LogP contribution in [0.4, 0.5) is 5.69 Å². The first kappa shape index (κ1) is 21.3. The third kappa shape index (κ3) is 4.41. The van der Waals surface area contributed by atoms with Gasteiger partial charge in [0.15, 0.2) is 0 Å². The Hall–Kier alpha value is -1.89. The van der Waals surface area contributed by atoms with Gasteiger partial charge in [0.1, 0.15) is 0 Å². The number of nitrogens with zero attached hydrogens (tertiary/aromatic N) is 1. The molecule has 5 nitrogen and oxygen atoms in total. The van der Waals surface area contributed by atoms with Gasteiger partial charge in [0, 0.05) is 31.6 Å². The first-order valence-corrected chi connectivity index (χ1v) is 12.6. The summed E-state index contributed by atoms with van der Waals surface area (Å²) >= 11 is 0. The van der Waals surface area contributed by atoms with Gasteiger partial charge in [-0.2, -0.15) is 0 Å². The van der Waals surface area contributed by atoms with Crippen molar-refractivity contribution in [2.24, 2.45) is 5.92 Å². The number of β-amino-alcohol motifs (C(OH)–C–C–N with tert-alkyl or cyclic N) is 1. The largest absolute Gasteiger partial charge is 0.388 e. The molecule has 0 saturated carbocycles. The normalized spacial score (nSPS) is 26.3. The van der Waals surface area contributed by atoms with E-state index in [1.54, 1.807) is 6.07 Å². The quantitative estimate of drug-likeness (QED) is 0.767. The molecule has 1 aliphatic heterocycles. The average molecular weight is 429 g/mol. The van der Waals surface area contributed by atoms with E-state index in [1.807, 2.05) is 24.3 Å². The third-order valence-corrected chi connectivity index (χ3v) is 7.67. The number of fused-ring (bicyclic) bond motifs is 1. The maximum atomic E-state index is 11.6. The lowest BCUT2D eigenvalue weighted by atomic mass is 9.68. The topological polar surface area (TPSA) is 69.6 Å². The lowest BCUT2D eigenvalue weighted by Gasteiger charge is -2.46. The molecule has 0 bridgehead atoms. The molecule has 2 N–H and O–H groups in total. The van der Waals surface area contributed by atoms with Crippen molar-refractivity contribution in [3.05, 3.63) is 65.2 Å². The molecule has 1 heterocycles. The fourth-order valence-corrected chi connectivity index (χ4v) is 5.80. The van der Waals surface area contributed by atoms with Gasteiger partial charge >= 0.3 is 0 Å². The second-order valence-corrected chi connectivity index (χ2v) is 11.4. The zero-order valence-corrected chi connectivity index (χ0v) is 18.9. The van der Waals surface area contributed by atoms with Crippen LogP contribution in [0.3, 0.4) is 0 Å². The lowest BCUT2D eigenvalue weighted by molar-refractivity contribution is -0.00933. The summed E-state index contributed by atoms with van der Waals surface area (Å²) < 4.78 is 25.8. The van der Waals surface area contributed by atoms with Gasteiger partial charge in [0.25, 0.3) is 0 Å². The van der Waals surface area contributed by atoms with E-state index in [0.29, 0.717) is 18.2 Å². The van der Waals surface area contributed by atoms with E-state index in [0.717, 1.165) is 37.9 Å². The maximum absolute atomic E-state index is 11.6. The predicted molar refractivity (Wildman–Crippen MR) is 121 cm³/mol. The fraction of sp³-hybridized carbons (Fsp3) is 0.500. The number of hydrogen-bond acceptors (Lipinski definition) is 4. The fourth-order valence-electron chi connectivity index (χ4n) is 5.24. The van der Waals surface area contributed by atoms with Crippen LogP contribution < -0.4 is 4.72 Å². The SMILES string of the molecule is CC1CN(CC2(O)Cc3ccccc3C2)CCC1(C)c1cccc(NS(C)(=O)=O)c1. The number of hydrogen-bond donors (Lipinski definition) is 2. The number of rotatable bonds is 5. The molecular weight excluding hydrogens is 396 g/mol. The van der Waals surface area contributed by atoms with Gasteiger partial charge in [-0.25, -0.2) is 8.42 Å². The minimum Gasteiger partial charge on any atom is -0.388 e. The Labute approximate surface area is 180 Å². The van der Waals surface area contributed by atoms with Crippen molar-refractivity contribution in [3.63, 3.8) is 0 Å². The summed E-state index contributed by atoms with van der Waals surface area (Å²) in [5.41, 5.74) is 3.60. The number of benzene rings is 2. The highest BCUT2D eigenvalue weighted by molar-refractivity contribution is 7.92. The molecule has 2 aromatic rings. The number of piperidine rings is 1. The molecule has 0 aromatic heterocycles. The number of aliphatic hydroxyl groups is 1. The van der Waals surface area contributed by atoms with Gasteiger partial charge in [-0.05, 0) is 53.1 Å². The third-order valence-electron chi connectivity index (χ3n) is 7.07. The van der Waals surface area contributed by atoms with E-state index in [9.17, 15) is 13.5 Å². The Balaban J connectivity index is 1.45. The summed E-state index contributed by atoms with van der Waals surface area (Å²) in [6.07, 6.45) is 3.60. The molecule has 30 heavy (non-hydrogen) atoms. The van der Waals surface area contributed by atoms with E-state index in [-0.39, 0.29) is 5.41 Å². The van der Waals surface area contributed by atoms with Crippen molar-refractivity contribution in [2.75, 3.05) is 30.6 Å². The lowest BCUT2D eigenvalue weighted by Crippen LogP contribution is -2.52. The molecule has 0 radical (unpaired) electrons. The molecule has 6 heteroatoms. The molecular formula is C24H32N2O3S. The van der Waals surface area contributed by atoms with E-state index in [2.05, 4.69) is 41.7 Å². The Morgan fingerprint density at radius 3 is 2.40 bits per heavy atom. The summed E-state index contributed by atoms with van der Waals surface area (Å²) in [5.74, 6) is 0.382. The maximum Gasteiger partial charge on any atom is 0.229 e. The highest BCUT2D eigenvalue weighted by Crippen LogP contribution is 2.41. The van der Waals surface area contributed by atoms with Crippen molar-refractivity contribution in [2.45, 2.75) is 44.1 Å². The molecule has 2 aliphatic rings. The Morgan fingerprint density at radius 2 is 1.80 bits per heavy atom. The first-order chi connectivity index (χ1) is 14.1. The Bertz CT molecular complexity index is 1010. The summed E-state index contributed by atoms with van der Waals surface area (Å²) in [6, 6.07) is 16.1. The van der Waals surface area contributed by atoms with Crippen molar-refractivity contribution in [1.82, 2.24) is 4.90 Å². The van der Waals surface area contributed by atoms with Crippen molar-refractivity contribution >= 4 is 15.7 Å². The predicted octanol–water partition coefficient (Wildman–Crippen LogP) is 3.19. The number of anilines is 1. The smallest absolute Gasteiger partial charge is 0.229 e. The van der Waals surface area contributed by atoms with Crippen LogP contribution in [0.1, 0.15) is 37.0 Å². The van der Waals surface area contributed by atoms with Crippen LogP contribution in [0.25, 0.3) is 0 Å². The zero-order chi connectivity index (χ0) is 21.6. The summed E-state index contributed by atoms with van der Waals surface area (Å²) in [4.78, 5) is 2.40. The van der Waals surface area contributed by atoms with E-state index >= 15 is 0 Å². The van der Waals surface area contributed by atoms with Gasteiger partial charge in [-0.15, -0.1) is 0 Å². The molecule has 0 spiro atoms. The number of nitrogens with one attached hydrogen (secondary N) is 1. The van der Waals surface area contributed by atoms with Crippen molar-refractivity contribution in [3.8, 4) is 0 Å². The van der Waals surface area contributed by atoms with Crippen LogP contribution in [0.15, 0.2) is 48.5 Å². The second kappa shape index (κ2) is 7.66. The molecule has 1 fully saturated rings. The molecule has 2 aromatic carbocycles. The number of sulfonamides is 1. The zero-order valence-electron chi connectivity index (χ0n) is 18.1. The molecule has 2 atom stereocenters. The van der Waals surface area contributed by atoms with Gasteiger partial charge < -0.3 is 10.0 Å². The molecule has 4 rings (SSSR count). The van der Waals surface area contributed by atoms with Crippen molar-refractivity contribution < 1.29 is 13.5 Å². The van der Waals surface area contributed by atoms with E-state index in [4.69, 9.17) is 0 Å². The summed E-state index contributed by atoms with van der Waals surface area (Å²) in [5, 5.41) is 11.2. The minimum absolute atomic E-state index is 0.0348. The second-order valence-electron chi connectivity index (χ2n) is 9.61. The van der Waals surface area contributed by atoms with E-state index < -0.39 is 15.6 Å². The number of likely N-dealkylation sites (tertiary alicyclic amines) is 1. The monoisotopic (exact) mass is 428 g/mol.